The van der Waals surface area contributed by atoms with Crippen LogP contribution in [0.5, 0.6) is 5.75 Å². The first-order valence-corrected chi connectivity index (χ1v) is 10.1. The number of nitrogens with zero attached hydrogens (tertiary/aromatic N) is 1. The second kappa shape index (κ2) is 11.3. The first-order valence-electron chi connectivity index (χ1n) is 9.31. The molecule has 0 aliphatic heterocycles. The van der Waals surface area contributed by atoms with Gasteiger partial charge in [0.05, 0.1) is 41.1 Å². The van der Waals surface area contributed by atoms with Gasteiger partial charge in [-0.15, -0.1) is 0 Å². The van der Waals surface area contributed by atoms with Crippen LogP contribution in [0.4, 0.5) is 5.69 Å². The quantitative estimate of drug-likeness (QED) is 0.228. The Bertz CT molecular complexity index is 1150. The Morgan fingerprint density at radius 2 is 1.97 bits per heavy atom. The van der Waals surface area contributed by atoms with Crippen molar-refractivity contribution in [3.8, 4) is 5.75 Å². The number of hydrogen-bond acceptors (Lipinski definition) is 8. The van der Waals surface area contributed by atoms with Crippen LogP contribution in [-0.2, 0) is 14.3 Å². The molecule has 0 radical (unpaired) electrons. The SMILES string of the molecule is CCOC(=O)C[C@H](NC(=O)CNC(=O)c1c[nH]c(=O)c([N+](=O)[O-])c1)c1cc(Cl)cc(Cl)c1O. The lowest BCUT2D eigenvalue weighted by Crippen LogP contribution is -2.39. The van der Waals surface area contributed by atoms with Crippen LogP contribution < -0.4 is 16.2 Å². The molecule has 1 heterocycles. The summed E-state index contributed by atoms with van der Waals surface area (Å²) in [5.41, 5.74) is -2.03. The average Bonchev–Trinajstić information content (AvgIpc) is 2.74. The lowest BCUT2D eigenvalue weighted by atomic mass is 10.0. The maximum atomic E-state index is 12.4. The summed E-state index contributed by atoms with van der Waals surface area (Å²) in [5.74, 6) is -2.73. The van der Waals surface area contributed by atoms with Crippen LogP contribution in [0.2, 0.25) is 10.0 Å². The van der Waals surface area contributed by atoms with E-state index in [0.29, 0.717) is 0 Å². The second-order valence-corrected chi connectivity index (χ2v) is 7.34. The highest BCUT2D eigenvalue weighted by molar-refractivity contribution is 6.35. The molecule has 1 aromatic carbocycles. The van der Waals surface area contributed by atoms with Gasteiger partial charge < -0.3 is 25.5 Å². The minimum atomic E-state index is -1.10. The summed E-state index contributed by atoms with van der Waals surface area (Å²) < 4.78 is 4.88. The number of aromatic hydroxyl groups is 1. The summed E-state index contributed by atoms with van der Waals surface area (Å²) in [6, 6.07) is 2.25. The lowest BCUT2D eigenvalue weighted by Gasteiger charge is -2.20. The van der Waals surface area contributed by atoms with E-state index in [4.69, 9.17) is 27.9 Å². The summed E-state index contributed by atoms with van der Waals surface area (Å²) in [4.78, 5) is 60.0. The average molecular weight is 501 g/mol. The highest BCUT2D eigenvalue weighted by Gasteiger charge is 2.24. The Kier molecular flexibility index (Phi) is 8.77. The molecule has 0 aliphatic carbocycles. The van der Waals surface area contributed by atoms with Gasteiger partial charge in [0.1, 0.15) is 5.75 Å². The van der Waals surface area contributed by atoms with Crippen molar-refractivity contribution >= 4 is 46.7 Å². The predicted molar refractivity (Wildman–Crippen MR) is 116 cm³/mol. The number of H-pyrrole nitrogens is 1. The Balaban J connectivity index is 2.15. The zero-order valence-corrected chi connectivity index (χ0v) is 18.5. The smallest absolute Gasteiger partial charge is 0.334 e. The van der Waals surface area contributed by atoms with Crippen molar-refractivity contribution in [1.82, 2.24) is 15.6 Å². The van der Waals surface area contributed by atoms with E-state index >= 15 is 0 Å². The summed E-state index contributed by atoms with van der Waals surface area (Å²) >= 11 is 11.9. The number of phenolic OH excluding ortho intramolecular Hbond substituents is 1. The molecule has 4 N–H and O–H groups in total. The number of hydrogen-bond donors (Lipinski definition) is 4. The molecule has 1 aromatic heterocycles. The van der Waals surface area contributed by atoms with Crippen molar-refractivity contribution < 1.29 is 29.2 Å². The Hall–Kier alpha value is -3.64. The number of amides is 2. The van der Waals surface area contributed by atoms with Crippen molar-refractivity contribution in [1.29, 1.82) is 0 Å². The molecule has 2 rings (SSSR count). The van der Waals surface area contributed by atoms with Crippen LogP contribution in [0, 0.1) is 10.1 Å². The Morgan fingerprint density at radius 1 is 1.27 bits per heavy atom. The number of benzene rings is 1. The van der Waals surface area contributed by atoms with Gasteiger partial charge in [-0.25, -0.2) is 0 Å². The fourth-order valence-electron chi connectivity index (χ4n) is 2.72. The number of ether oxygens (including phenoxy) is 1. The fourth-order valence-corrected chi connectivity index (χ4v) is 3.23. The van der Waals surface area contributed by atoms with E-state index in [2.05, 4.69) is 15.6 Å². The zero-order chi connectivity index (χ0) is 24.7. The van der Waals surface area contributed by atoms with Crippen molar-refractivity contribution in [3.05, 3.63) is 66.0 Å². The Labute approximate surface area is 196 Å². The van der Waals surface area contributed by atoms with Crippen LogP contribution in [0.3, 0.4) is 0 Å². The van der Waals surface area contributed by atoms with Crippen molar-refractivity contribution in [2.24, 2.45) is 0 Å². The molecule has 0 saturated heterocycles. The number of carbonyl (C=O) groups excluding carboxylic acids is 3. The van der Waals surface area contributed by atoms with Crippen LogP contribution >= 0.6 is 23.2 Å². The number of halogens is 2. The normalized spacial score (nSPS) is 11.4. The molecule has 2 amide bonds. The highest BCUT2D eigenvalue weighted by atomic mass is 35.5. The molecular weight excluding hydrogens is 483 g/mol. The van der Waals surface area contributed by atoms with Gasteiger partial charge in [0.15, 0.2) is 0 Å². The van der Waals surface area contributed by atoms with Gasteiger partial charge in [-0.3, -0.25) is 29.3 Å². The molecule has 2 aromatic rings. The summed E-state index contributed by atoms with van der Waals surface area (Å²) in [6.45, 7) is 1.08. The molecule has 176 valence electrons. The number of phenols is 1. The number of carbonyl (C=O) groups is 3. The van der Waals surface area contributed by atoms with E-state index in [1.54, 1.807) is 6.92 Å². The van der Waals surface area contributed by atoms with Gasteiger partial charge in [-0.2, -0.15) is 0 Å². The van der Waals surface area contributed by atoms with Crippen LogP contribution in [0.25, 0.3) is 0 Å². The van der Waals surface area contributed by atoms with Gasteiger partial charge in [-0.1, -0.05) is 23.2 Å². The number of rotatable bonds is 9. The van der Waals surface area contributed by atoms with Crippen molar-refractivity contribution in [2.45, 2.75) is 19.4 Å². The zero-order valence-electron chi connectivity index (χ0n) is 17.0. The van der Waals surface area contributed by atoms with E-state index in [0.717, 1.165) is 12.3 Å². The molecule has 0 saturated carbocycles. The molecule has 1 atom stereocenters. The first kappa shape index (κ1) is 25.6. The number of pyridine rings is 1. The fraction of sp³-hybridized carbons (Fsp3) is 0.263. The maximum absolute atomic E-state index is 12.4. The van der Waals surface area contributed by atoms with Gasteiger partial charge in [0, 0.05) is 22.8 Å². The lowest BCUT2D eigenvalue weighted by molar-refractivity contribution is -0.386. The molecular formula is C19H18Cl2N4O8. The van der Waals surface area contributed by atoms with E-state index in [-0.39, 0.29) is 34.2 Å². The van der Waals surface area contributed by atoms with Crippen LogP contribution in [0.1, 0.15) is 35.3 Å². The Morgan fingerprint density at radius 3 is 2.61 bits per heavy atom. The molecule has 0 bridgehead atoms. The molecule has 0 spiro atoms. The molecule has 12 nitrogen and oxygen atoms in total. The maximum Gasteiger partial charge on any atom is 0.334 e. The third-order valence-corrected chi connectivity index (χ3v) is 4.70. The minimum Gasteiger partial charge on any atom is -0.506 e. The third-order valence-electron chi connectivity index (χ3n) is 4.20. The van der Waals surface area contributed by atoms with Gasteiger partial charge in [-0.05, 0) is 19.1 Å². The number of aromatic nitrogens is 1. The summed E-state index contributed by atoms with van der Waals surface area (Å²) in [7, 11) is 0. The standard InChI is InChI=1S/C19H18Cl2N4O8/c1-2-33-16(27)6-13(11-4-10(20)5-12(21)17(11)28)24-15(26)8-23-18(29)9-3-14(25(31)32)19(30)22-7-9/h3-5,7,13,28H,2,6,8H2,1H3,(H,22,30)(H,23,29)(H,24,26)/t13-/m0/s1. The van der Waals surface area contributed by atoms with Gasteiger partial charge in [0.2, 0.25) is 5.91 Å². The molecule has 0 aliphatic rings. The predicted octanol–water partition coefficient (Wildman–Crippen LogP) is 1.84. The summed E-state index contributed by atoms with van der Waals surface area (Å²) in [6.07, 6.45) is 0.585. The van der Waals surface area contributed by atoms with Crippen molar-refractivity contribution in [2.75, 3.05) is 13.2 Å². The number of esters is 1. The van der Waals surface area contributed by atoms with E-state index in [1.165, 1.54) is 12.1 Å². The van der Waals surface area contributed by atoms with E-state index in [1.807, 2.05) is 0 Å². The topological polar surface area (TPSA) is 181 Å². The number of aromatic amines is 1. The number of nitro groups is 1. The van der Waals surface area contributed by atoms with Crippen LogP contribution in [0.15, 0.2) is 29.2 Å². The van der Waals surface area contributed by atoms with E-state index in [9.17, 15) is 34.4 Å². The van der Waals surface area contributed by atoms with Gasteiger partial charge in [0.25, 0.3) is 5.91 Å². The second-order valence-electron chi connectivity index (χ2n) is 6.50. The van der Waals surface area contributed by atoms with Gasteiger partial charge >= 0.3 is 17.2 Å². The van der Waals surface area contributed by atoms with E-state index < -0.39 is 52.3 Å². The highest BCUT2D eigenvalue weighted by Crippen LogP contribution is 2.36. The van der Waals surface area contributed by atoms with Crippen LogP contribution in [-0.4, -0.2) is 45.9 Å². The van der Waals surface area contributed by atoms with Crippen molar-refractivity contribution in [3.63, 3.8) is 0 Å². The molecule has 14 heteroatoms. The third kappa shape index (κ3) is 6.92. The monoisotopic (exact) mass is 500 g/mol. The number of nitrogens with one attached hydrogen (secondary N) is 3. The largest absolute Gasteiger partial charge is 0.506 e. The molecule has 0 fully saturated rings. The first-order chi connectivity index (χ1) is 15.5. The molecule has 0 unspecified atom stereocenters. The minimum absolute atomic E-state index is 0.0523. The molecule has 33 heavy (non-hydrogen) atoms. The summed E-state index contributed by atoms with van der Waals surface area (Å²) in [5, 5.41) is 25.8.